The number of hydrogen-bond acceptors (Lipinski definition) is 5. The zero-order valence-electron chi connectivity index (χ0n) is 17.5. The van der Waals surface area contributed by atoms with Crippen LogP contribution in [-0.4, -0.2) is 33.8 Å². The van der Waals surface area contributed by atoms with Crippen molar-refractivity contribution in [1.29, 1.82) is 0 Å². The first-order valence-corrected chi connectivity index (χ1v) is 9.54. The Morgan fingerprint density at radius 3 is 2.13 bits per heavy atom. The summed E-state index contributed by atoms with van der Waals surface area (Å²) < 4.78 is 21.6. The Morgan fingerprint density at radius 2 is 1.50 bits per heavy atom. The maximum absolute atomic E-state index is 12.8. The Balaban J connectivity index is 1.87. The number of methoxy groups -OCH3 is 3. The summed E-state index contributed by atoms with van der Waals surface area (Å²) in [6.07, 6.45) is 0. The molecule has 1 amide bonds. The van der Waals surface area contributed by atoms with Crippen LogP contribution in [0, 0.1) is 0 Å². The standard InChI is InChI=1S/C24H25NO5/c1-5-30-23-14-17(8-12-22(23)29-4)24(26)25-18-9-13-21(28-3)20(15-18)16-6-10-19(27-2)11-7-16/h6-15H,5H2,1-4H3,(H,25,26). The molecule has 0 saturated carbocycles. The van der Waals surface area contributed by atoms with Crippen molar-refractivity contribution >= 4 is 11.6 Å². The maximum Gasteiger partial charge on any atom is 0.255 e. The molecule has 0 heterocycles. The fourth-order valence-electron chi connectivity index (χ4n) is 3.07. The Bertz CT molecular complexity index is 1010. The van der Waals surface area contributed by atoms with Gasteiger partial charge in [0.1, 0.15) is 11.5 Å². The van der Waals surface area contributed by atoms with E-state index in [1.807, 2.05) is 43.3 Å². The number of rotatable bonds is 8. The van der Waals surface area contributed by atoms with E-state index in [2.05, 4.69) is 5.32 Å². The molecule has 6 heteroatoms. The van der Waals surface area contributed by atoms with Gasteiger partial charge in [-0.2, -0.15) is 0 Å². The summed E-state index contributed by atoms with van der Waals surface area (Å²) >= 11 is 0. The zero-order chi connectivity index (χ0) is 21.5. The first-order chi connectivity index (χ1) is 14.6. The third-order valence-electron chi connectivity index (χ3n) is 4.58. The average Bonchev–Trinajstić information content (AvgIpc) is 2.79. The molecular weight excluding hydrogens is 382 g/mol. The van der Waals surface area contributed by atoms with Gasteiger partial charge in [0.2, 0.25) is 0 Å². The Kier molecular flexibility index (Phi) is 6.80. The van der Waals surface area contributed by atoms with Crippen LogP contribution in [-0.2, 0) is 0 Å². The van der Waals surface area contributed by atoms with Gasteiger partial charge < -0.3 is 24.3 Å². The van der Waals surface area contributed by atoms with E-state index in [-0.39, 0.29) is 5.91 Å². The lowest BCUT2D eigenvalue weighted by molar-refractivity contribution is 0.102. The van der Waals surface area contributed by atoms with Crippen LogP contribution >= 0.6 is 0 Å². The zero-order valence-corrected chi connectivity index (χ0v) is 17.5. The predicted octanol–water partition coefficient (Wildman–Crippen LogP) is 5.03. The number of amides is 1. The van der Waals surface area contributed by atoms with Crippen LogP contribution in [0.4, 0.5) is 5.69 Å². The van der Waals surface area contributed by atoms with Gasteiger partial charge >= 0.3 is 0 Å². The second kappa shape index (κ2) is 9.69. The third-order valence-corrected chi connectivity index (χ3v) is 4.58. The number of hydrogen-bond donors (Lipinski definition) is 1. The average molecular weight is 407 g/mol. The minimum absolute atomic E-state index is 0.246. The maximum atomic E-state index is 12.8. The molecule has 0 aromatic heterocycles. The molecule has 156 valence electrons. The van der Waals surface area contributed by atoms with Gasteiger partial charge in [-0.3, -0.25) is 4.79 Å². The first kappa shape index (κ1) is 21.0. The first-order valence-electron chi connectivity index (χ1n) is 9.54. The van der Waals surface area contributed by atoms with Crippen molar-refractivity contribution in [3.05, 3.63) is 66.2 Å². The molecule has 0 spiro atoms. The molecule has 0 bridgehead atoms. The van der Waals surface area contributed by atoms with Crippen molar-refractivity contribution in [3.63, 3.8) is 0 Å². The highest BCUT2D eigenvalue weighted by molar-refractivity contribution is 6.05. The van der Waals surface area contributed by atoms with Crippen molar-refractivity contribution in [2.45, 2.75) is 6.92 Å². The van der Waals surface area contributed by atoms with Gasteiger partial charge in [-0.05, 0) is 61.0 Å². The molecule has 0 radical (unpaired) electrons. The second-order valence-corrected chi connectivity index (χ2v) is 6.40. The van der Waals surface area contributed by atoms with E-state index in [9.17, 15) is 4.79 Å². The summed E-state index contributed by atoms with van der Waals surface area (Å²) in [5.41, 5.74) is 2.94. The van der Waals surface area contributed by atoms with Crippen LogP contribution in [0.2, 0.25) is 0 Å². The lowest BCUT2D eigenvalue weighted by Gasteiger charge is -2.14. The molecule has 6 nitrogen and oxygen atoms in total. The van der Waals surface area contributed by atoms with Gasteiger partial charge in [-0.1, -0.05) is 12.1 Å². The van der Waals surface area contributed by atoms with Crippen molar-refractivity contribution < 1.29 is 23.7 Å². The molecule has 0 aliphatic carbocycles. The van der Waals surface area contributed by atoms with Crippen molar-refractivity contribution in [2.75, 3.05) is 33.3 Å². The summed E-state index contributed by atoms with van der Waals surface area (Å²) in [6.45, 7) is 2.36. The molecule has 0 aliphatic rings. The highest BCUT2D eigenvalue weighted by atomic mass is 16.5. The fourth-order valence-corrected chi connectivity index (χ4v) is 3.07. The summed E-state index contributed by atoms with van der Waals surface area (Å²) in [6, 6.07) is 18.3. The van der Waals surface area contributed by atoms with Crippen LogP contribution in [0.15, 0.2) is 60.7 Å². The molecule has 1 N–H and O–H groups in total. The summed E-state index contributed by atoms with van der Waals surface area (Å²) in [7, 11) is 4.81. The number of nitrogens with one attached hydrogen (secondary N) is 1. The molecule has 0 atom stereocenters. The third kappa shape index (κ3) is 4.66. The van der Waals surface area contributed by atoms with E-state index in [0.29, 0.717) is 35.1 Å². The molecule has 3 aromatic carbocycles. The topological polar surface area (TPSA) is 66.0 Å². The van der Waals surface area contributed by atoms with Crippen molar-refractivity contribution in [2.24, 2.45) is 0 Å². The lowest BCUT2D eigenvalue weighted by Crippen LogP contribution is -2.12. The molecule has 30 heavy (non-hydrogen) atoms. The van der Waals surface area contributed by atoms with Gasteiger partial charge in [-0.25, -0.2) is 0 Å². The highest BCUT2D eigenvalue weighted by Crippen LogP contribution is 2.34. The Morgan fingerprint density at radius 1 is 0.800 bits per heavy atom. The Labute approximate surface area is 176 Å². The SMILES string of the molecule is CCOc1cc(C(=O)Nc2ccc(OC)c(-c3ccc(OC)cc3)c2)ccc1OC. The minimum atomic E-state index is -0.246. The van der Waals surface area contributed by atoms with Gasteiger partial charge in [0.25, 0.3) is 5.91 Å². The van der Waals surface area contributed by atoms with Crippen molar-refractivity contribution in [1.82, 2.24) is 0 Å². The molecule has 3 aromatic rings. The number of carbonyl (C=O) groups is 1. The van der Waals surface area contributed by atoms with Crippen LogP contribution in [0.1, 0.15) is 17.3 Å². The van der Waals surface area contributed by atoms with E-state index < -0.39 is 0 Å². The number of carbonyl (C=O) groups excluding carboxylic acids is 1. The van der Waals surface area contributed by atoms with Gasteiger partial charge in [0.15, 0.2) is 11.5 Å². The largest absolute Gasteiger partial charge is 0.497 e. The van der Waals surface area contributed by atoms with Crippen molar-refractivity contribution in [3.8, 4) is 34.1 Å². The van der Waals surface area contributed by atoms with Crippen LogP contribution in [0.25, 0.3) is 11.1 Å². The van der Waals surface area contributed by atoms with Crippen LogP contribution < -0.4 is 24.3 Å². The quantitative estimate of drug-likeness (QED) is 0.567. The molecule has 0 unspecified atom stereocenters. The molecule has 0 saturated heterocycles. The summed E-state index contributed by atoms with van der Waals surface area (Å²) in [5.74, 6) is 2.35. The van der Waals surface area contributed by atoms with Gasteiger partial charge in [0, 0.05) is 16.8 Å². The normalized spacial score (nSPS) is 10.3. The number of benzene rings is 3. The highest BCUT2D eigenvalue weighted by Gasteiger charge is 2.13. The summed E-state index contributed by atoms with van der Waals surface area (Å²) in [4.78, 5) is 12.8. The minimum Gasteiger partial charge on any atom is -0.497 e. The van der Waals surface area contributed by atoms with Gasteiger partial charge in [-0.15, -0.1) is 0 Å². The van der Waals surface area contributed by atoms with E-state index >= 15 is 0 Å². The Hall–Kier alpha value is -3.67. The number of ether oxygens (including phenoxy) is 4. The number of anilines is 1. The van der Waals surface area contributed by atoms with E-state index in [1.54, 1.807) is 45.6 Å². The van der Waals surface area contributed by atoms with E-state index in [1.165, 1.54) is 0 Å². The second-order valence-electron chi connectivity index (χ2n) is 6.40. The van der Waals surface area contributed by atoms with Gasteiger partial charge in [0.05, 0.1) is 27.9 Å². The molecule has 0 aliphatic heterocycles. The smallest absolute Gasteiger partial charge is 0.255 e. The molecule has 3 rings (SSSR count). The van der Waals surface area contributed by atoms with Crippen LogP contribution in [0.5, 0.6) is 23.0 Å². The summed E-state index contributed by atoms with van der Waals surface area (Å²) in [5, 5.41) is 2.93. The predicted molar refractivity (Wildman–Crippen MR) is 117 cm³/mol. The van der Waals surface area contributed by atoms with E-state index in [0.717, 1.165) is 16.9 Å². The molecule has 0 fully saturated rings. The fraction of sp³-hybridized carbons (Fsp3) is 0.208. The van der Waals surface area contributed by atoms with Crippen LogP contribution in [0.3, 0.4) is 0 Å². The molecular formula is C24H25NO5. The van der Waals surface area contributed by atoms with E-state index in [4.69, 9.17) is 18.9 Å². The monoisotopic (exact) mass is 407 g/mol. The lowest BCUT2D eigenvalue weighted by atomic mass is 10.0.